The lowest BCUT2D eigenvalue weighted by Crippen LogP contribution is -2.28. The van der Waals surface area contributed by atoms with E-state index in [2.05, 4.69) is 25.8 Å². The van der Waals surface area contributed by atoms with Gasteiger partial charge in [0.25, 0.3) is 0 Å². The van der Waals surface area contributed by atoms with Crippen molar-refractivity contribution in [2.45, 2.75) is 20.3 Å². The highest BCUT2D eigenvalue weighted by atomic mass is 32.1. The van der Waals surface area contributed by atoms with Gasteiger partial charge in [0.2, 0.25) is 0 Å². The summed E-state index contributed by atoms with van der Waals surface area (Å²) < 4.78 is 5.78. The lowest BCUT2D eigenvalue weighted by atomic mass is 10.1. The van der Waals surface area contributed by atoms with Crippen LogP contribution in [0.2, 0.25) is 0 Å². The molecular formula is C15H24N2OS. The first-order valence-corrected chi connectivity index (χ1v) is 7.15. The van der Waals surface area contributed by atoms with E-state index < -0.39 is 0 Å². The van der Waals surface area contributed by atoms with Crippen molar-refractivity contribution in [3.8, 4) is 5.75 Å². The maximum atomic E-state index is 5.78. The number of nitrogens with zero attached hydrogens (tertiary/aromatic N) is 1. The monoisotopic (exact) mass is 280 g/mol. The Balaban J connectivity index is 2.43. The van der Waals surface area contributed by atoms with Crippen LogP contribution >= 0.6 is 12.2 Å². The molecule has 0 aliphatic carbocycles. The van der Waals surface area contributed by atoms with Gasteiger partial charge in [0.1, 0.15) is 17.3 Å². The molecule has 0 saturated carbocycles. The molecule has 4 heteroatoms. The fourth-order valence-corrected chi connectivity index (χ4v) is 2.03. The summed E-state index contributed by atoms with van der Waals surface area (Å²) in [6.45, 7) is 7.12. The molecule has 0 radical (unpaired) electrons. The van der Waals surface area contributed by atoms with Crippen LogP contribution in [0.5, 0.6) is 5.75 Å². The quantitative estimate of drug-likeness (QED) is 0.743. The zero-order valence-corrected chi connectivity index (χ0v) is 12.9. The molecule has 0 saturated heterocycles. The van der Waals surface area contributed by atoms with Crippen LogP contribution in [0.3, 0.4) is 0 Å². The van der Waals surface area contributed by atoms with E-state index in [1.807, 2.05) is 24.3 Å². The molecule has 0 spiro atoms. The SMILES string of the molecule is CCC(C)CN(C)CCOc1ccccc1C(N)=S. The van der Waals surface area contributed by atoms with Crippen molar-refractivity contribution < 1.29 is 4.74 Å². The van der Waals surface area contributed by atoms with E-state index in [4.69, 9.17) is 22.7 Å². The lowest BCUT2D eigenvalue weighted by molar-refractivity contribution is 0.217. The summed E-state index contributed by atoms with van der Waals surface area (Å²) in [6, 6.07) is 7.64. The Morgan fingerprint density at radius 1 is 1.42 bits per heavy atom. The number of hydrogen-bond donors (Lipinski definition) is 1. The van der Waals surface area contributed by atoms with Gasteiger partial charge in [0.15, 0.2) is 0 Å². The van der Waals surface area contributed by atoms with Gasteiger partial charge in [-0.05, 0) is 25.1 Å². The minimum Gasteiger partial charge on any atom is -0.492 e. The Bertz CT molecular complexity index is 409. The van der Waals surface area contributed by atoms with Crippen LogP contribution < -0.4 is 10.5 Å². The highest BCUT2D eigenvalue weighted by molar-refractivity contribution is 7.80. The summed E-state index contributed by atoms with van der Waals surface area (Å²) in [6.07, 6.45) is 1.20. The molecule has 19 heavy (non-hydrogen) atoms. The second kappa shape index (κ2) is 8.12. The maximum Gasteiger partial charge on any atom is 0.129 e. The molecule has 1 aromatic carbocycles. The zero-order valence-electron chi connectivity index (χ0n) is 12.1. The molecule has 106 valence electrons. The Morgan fingerprint density at radius 2 is 2.11 bits per heavy atom. The van der Waals surface area contributed by atoms with Crippen LogP contribution in [-0.2, 0) is 0 Å². The van der Waals surface area contributed by atoms with Gasteiger partial charge in [-0.2, -0.15) is 0 Å². The van der Waals surface area contributed by atoms with Crippen LogP contribution in [0.4, 0.5) is 0 Å². The number of ether oxygens (including phenoxy) is 1. The van der Waals surface area contributed by atoms with Crippen molar-refractivity contribution in [1.82, 2.24) is 4.90 Å². The smallest absolute Gasteiger partial charge is 0.129 e. The molecule has 0 bridgehead atoms. The summed E-state index contributed by atoms with van der Waals surface area (Å²) in [5.74, 6) is 1.49. The Morgan fingerprint density at radius 3 is 2.74 bits per heavy atom. The largest absolute Gasteiger partial charge is 0.492 e. The van der Waals surface area contributed by atoms with Crippen molar-refractivity contribution in [2.75, 3.05) is 26.7 Å². The van der Waals surface area contributed by atoms with Gasteiger partial charge in [-0.25, -0.2) is 0 Å². The van der Waals surface area contributed by atoms with Crippen molar-refractivity contribution in [2.24, 2.45) is 11.7 Å². The van der Waals surface area contributed by atoms with E-state index in [9.17, 15) is 0 Å². The predicted molar refractivity (Wildman–Crippen MR) is 84.8 cm³/mol. The van der Waals surface area contributed by atoms with Crippen molar-refractivity contribution >= 4 is 17.2 Å². The fraction of sp³-hybridized carbons (Fsp3) is 0.533. The molecule has 0 amide bonds. The minimum atomic E-state index is 0.378. The number of thiocarbonyl (C=S) groups is 1. The molecule has 1 rings (SSSR count). The van der Waals surface area contributed by atoms with Gasteiger partial charge in [-0.3, -0.25) is 0 Å². The second-order valence-electron chi connectivity index (χ2n) is 4.98. The molecule has 1 unspecified atom stereocenters. The molecule has 0 aliphatic heterocycles. The lowest BCUT2D eigenvalue weighted by Gasteiger charge is -2.20. The number of nitrogens with two attached hydrogens (primary N) is 1. The highest BCUT2D eigenvalue weighted by Crippen LogP contribution is 2.17. The van der Waals surface area contributed by atoms with Crippen LogP contribution in [0, 0.1) is 5.92 Å². The van der Waals surface area contributed by atoms with Gasteiger partial charge in [-0.15, -0.1) is 0 Å². The van der Waals surface area contributed by atoms with Gasteiger partial charge in [-0.1, -0.05) is 44.6 Å². The third-order valence-electron chi connectivity index (χ3n) is 3.20. The first-order chi connectivity index (χ1) is 9.04. The Labute approximate surface area is 121 Å². The molecule has 1 aromatic rings. The average molecular weight is 280 g/mol. The summed E-state index contributed by atoms with van der Waals surface area (Å²) in [7, 11) is 2.12. The zero-order chi connectivity index (χ0) is 14.3. The maximum absolute atomic E-state index is 5.78. The van der Waals surface area contributed by atoms with E-state index in [1.54, 1.807) is 0 Å². The van der Waals surface area contributed by atoms with Crippen LogP contribution in [-0.4, -0.2) is 36.6 Å². The summed E-state index contributed by atoms with van der Waals surface area (Å²) >= 11 is 5.01. The van der Waals surface area contributed by atoms with Gasteiger partial charge >= 0.3 is 0 Å². The van der Waals surface area contributed by atoms with Crippen LogP contribution in [0.1, 0.15) is 25.8 Å². The van der Waals surface area contributed by atoms with Crippen molar-refractivity contribution in [3.63, 3.8) is 0 Å². The van der Waals surface area contributed by atoms with Gasteiger partial charge in [0, 0.05) is 13.1 Å². The van der Waals surface area contributed by atoms with Crippen LogP contribution in [0.25, 0.3) is 0 Å². The number of benzene rings is 1. The molecule has 0 aromatic heterocycles. The van der Waals surface area contributed by atoms with E-state index >= 15 is 0 Å². The summed E-state index contributed by atoms with van der Waals surface area (Å²) in [5, 5.41) is 0. The average Bonchev–Trinajstić information content (AvgIpc) is 2.38. The van der Waals surface area contributed by atoms with E-state index in [-0.39, 0.29) is 0 Å². The minimum absolute atomic E-state index is 0.378. The normalized spacial score (nSPS) is 12.4. The number of hydrogen-bond acceptors (Lipinski definition) is 3. The van der Waals surface area contributed by atoms with Crippen molar-refractivity contribution in [1.29, 1.82) is 0 Å². The fourth-order valence-electron chi connectivity index (χ4n) is 1.86. The molecule has 0 heterocycles. The third-order valence-corrected chi connectivity index (χ3v) is 3.42. The first-order valence-electron chi connectivity index (χ1n) is 6.74. The second-order valence-corrected chi connectivity index (χ2v) is 5.42. The molecule has 1 atom stereocenters. The molecule has 3 nitrogen and oxygen atoms in total. The molecule has 0 aliphatic rings. The van der Waals surface area contributed by atoms with Crippen molar-refractivity contribution in [3.05, 3.63) is 29.8 Å². The van der Waals surface area contributed by atoms with Crippen LogP contribution in [0.15, 0.2) is 24.3 Å². The summed E-state index contributed by atoms with van der Waals surface area (Å²) in [5.41, 5.74) is 6.48. The number of rotatable bonds is 8. The predicted octanol–water partition coefficient (Wildman–Crippen LogP) is 2.68. The summed E-state index contributed by atoms with van der Waals surface area (Å²) in [4.78, 5) is 2.67. The van der Waals surface area contributed by atoms with Gasteiger partial charge < -0.3 is 15.4 Å². The highest BCUT2D eigenvalue weighted by Gasteiger charge is 2.07. The van der Waals surface area contributed by atoms with E-state index in [0.717, 1.165) is 24.4 Å². The Hall–Kier alpha value is -1.13. The number of para-hydroxylation sites is 1. The molecule has 2 N–H and O–H groups in total. The standard InChI is InChI=1S/C15H24N2OS/c1-4-12(2)11-17(3)9-10-18-14-8-6-5-7-13(14)15(16)19/h5-8,12H,4,9-11H2,1-3H3,(H2,16,19). The topological polar surface area (TPSA) is 38.5 Å². The van der Waals surface area contributed by atoms with E-state index in [0.29, 0.717) is 17.5 Å². The first kappa shape index (κ1) is 15.9. The molecule has 0 fully saturated rings. The number of likely N-dealkylation sites (N-methyl/N-ethyl adjacent to an activating group) is 1. The molecular weight excluding hydrogens is 256 g/mol. The van der Waals surface area contributed by atoms with E-state index in [1.165, 1.54) is 6.42 Å². The Kier molecular flexibility index (Phi) is 6.81. The third kappa shape index (κ3) is 5.57. The van der Waals surface area contributed by atoms with Gasteiger partial charge in [0.05, 0.1) is 5.56 Å².